The van der Waals surface area contributed by atoms with Crippen LogP contribution in [0.25, 0.3) is 5.69 Å². The SMILES string of the molecule is Cc1cccc(-n2c(C)cc(C(=O)NCC3CNCC3O)c2C)c1. The molecule has 0 spiro atoms. The summed E-state index contributed by atoms with van der Waals surface area (Å²) in [7, 11) is 0. The van der Waals surface area contributed by atoms with Crippen LogP contribution in [0.1, 0.15) is 27.3 Å². The van der Waals surface area contributed by atoms with Gasteiger partial charge in [-0.2, -0.15) is 0 Å². The second-order valence-corrected chi connectivity index (χ2v) is 6.65. The molecule has 1 aromatic heterocycles. The van der Waals surface area contributed by atoms with Crippen molar-refractivity contribution < 1.29 is 9.90 Å². The van der Waals surface area contributed by atoms with E-state index in [2.05, 4.69) is 40.3 Å². The number of benzene rings is 1. The van der Waals surface area contributed by atoms with Gasteiger partial charge in [-0.1, -0.05) is 12.1 Å². The van der Waals surface area contributed by atoms with Gasteiger partial charge in [-0.25, -0.2) is 0 Å². The maximum atomic E-state index is 12.6. The maximum absolute atomic E-state index is 12.6. The third kappa shape index (κ3) is 3.23. The number of amides is 1. The van der Waals surface area contributed by atoms with Gasteiger partial charge in [-0.05, 0) is 44.5 Å². The topological polar surface area (TPSA) is 66.3 Å². The molecular weight excluding hydrogens is 302 g/mol. The van der Waals surface area contributed by atoms with Crippen LogP contribution >= 0.6 is 0 Å². The largest absolute Gasteiger partial charge is 0.391 e. The number of nitrogens with one attached hydrogen (secondary N) is 2. The Morgan fingerprint density at radius 3 is 2.75 bits per heavy atom. The summed E-state index contributed by atoms with van der Waals surface area (Å²) < 4.78 is 2.11. The lowest BCUT2D eigenvalue weighted by Crippen LogP contribution is -2.34. The number of nitrogens with zero attached hydrogens (tertiary/aromatic N) is 1. The zero-order valence-electron chi connectivity index (χ0n) is 14.5. The number of hydrogen-bond acceptors (Lipinski definition) is 3. The average Bonchev–Trinajstić information content (AvgIpc) is 3.08. The molecule has 24 heavy (non-hydrogen) atoms. The van der Waals surface area contributed by atoms with Crippen LogP contribution in [-0.4, -0.2) is 41.3 Å². The van der Waals surface area contributed by atoms with Gasteiger partial charge >= 0.3 is 0 Å². The van der Waals surface area contributed by atoms with Gasteiger partial charge < -0.3 is 20.3 Å². The van der Waals surface area contributed by atoms with Crippen LogP contribution in [0.15, 0.2) is 30.3 Å². The molecule has 0 radical (unpaired) electrons. The van der Waals surface area contributed by atoms with Crippen LogP contribution < -0.4 is 10.6 Å². The van der Waals surface area contributed by atoms with Gasteiger partial charge in [-0.15, -0.1) is 0 Å². The van der Waals surface area contributed by atoms with E-state index in [1.807, 2.05) is 26.0 Å². The van der Waals surface area contributed by atoms with E-state index in [-0.39, 0.29) is 17.9 Å². The molecule has 1 aliphatic rings. The zero-order chi connectivity index (χ0) is 17.3. The van der Waals surface area contributed by atoms with E-state index < -0.39 is 0 Å². The van der Waals surface area contributed by atoms with Gasteiger partial charge in [0.05, 0.1) is 11.7 Å². The first kappa shape index (κ1) is 16.7. The Bertz CT molecular complexity index is 751. The first-order chi connectivity index (χ1) is 11.5. The molecule has 3 rings (SSSR count). The third-order valence-corrected chi connectivity index (χ3v) is 4.76. The minimum absolute atomic E-state index is 0.0780. The first-order valence-corrected chi connectivity index (χ1v) is 8.40. The van der Waals surface area contributed by atoms with Crippen molar-refractivity contribution in [2.45, 2.75) is 26.9 Å². The van der Waals surface area contributed by atoms with E-state index in [1.54, 1.807) is 0 Å². The minimum atomic E-state index is -0.384. The van der Waals surface area contributed by atoms with Crippen molar-refractivity contribution in [2.24, 2.45) is 5.92 Å². The normalized spacial score (nSPS) is 20.3. The summed E-state index contributed by atoms with van der Waals surface area (Å²) in [6, 6.07) is 10.2. The van der Waals surface area contributed by atoms with E-state index >= 15 is 0 Å². The van der Waals surface area contributed by atoms with Crippen molar-refractivity contribution >= 4 is 5.91 Å². The molecule has 0 saturated carbocycles. The number of carbonyl (C=O) groups excluding carboxylic acids is 1. The van der Waals surface area contributed by atoms with E-state index in [9.17, 15) is 9.90 Å². The predicted molar refractivity (Wildman–Crippen MR) is 94.7 cm³/mol. The number of carbonyl (C=O) groups is 1. The van der Waals surface area contributed by atoms with Crippen LogP contribution in [0.3, 0.4) is 0 Å². The maximum Gasteiger partial charge on any atom is 0.253 e. The predicted octanol–water partition coefficient (Wildman–Crippen LogP) is 1.71. The van der Waals surface area contributed by atoms with Gasteiger partial charge in [0, 0.05) is 42.6 Å². The van der Waals surface area contributed by atoms with E-state index in [4.69, 9.17) is 0 Å². The molecule has 1 aliphatic heterocycles. The molecule has 128 valence electrons. The number of aromatic nitrogens is 1. The first-order valence-electron chi connectivity index (χ1n) is 8.40. The molecule has 3 N–H and O–H groups in total. The molecule has 1 amide bonds. The van der Waals surface area contributed by atoms with E-state index in [1.165, 1.54) is 5.56 Å². The van der Waals surface area contributed by atoms with E-state index in [0.717, 1.165) is 23.6 Å². The molecule has 2 unspecified atom stereocenters. The quantitative estimate of drug-likeness (QED) is 0.801. The van der Waals surface area contributed by atoms with Crippen molar-refractivity contribution in [3.63, 3.8) is 0 Å². The number of hydrogen-bond donors (Lipinski definition) is 3. The number of aliphatic hydroxyl groups excluding tert-OH is 1. The van der Waals surface area contributed by atoms with Crippen molar-refractivity contribution in [1.82, 2.24) is 15.2 Å². The molecular formula is C19H25N3O2. The fourth-order valence-electron chi connectivity index (χ4n) is 3.40. The Morgan fingerprint density at radius 1 is 1.29 bits per heavy atom. The molecule has 2 heterocycles. The van der Waals surface area contributed by atoms with Crippen molar-refractivity contribution in [3.05, 3.63) is 52.8 Å². The fourth-order valence-corrected chi connectivity index (χ4v) is 3.40. The lowest BCUT2D eigenvalue weighted by atomic mass is 10.1. The van der Waals surface area contributed by atoms with E-state index in [0.29, 0.717) is 18.7 Å². The lowest BCUT2D eigenvalue weighted by molar-refractivity contribution is 0.0926. The van der Waals surface area contributed by atoms with Gasteiger partial charge in [0.1, 0.15) is 0 Å². The summed E-state index contributed by atoms with van der Waals surface area (Å²) in [6.07, 6.45) is -0.384. The Hall–Kier alpha value is -2.11. The summed E-state index contributed by atoms with van der Waals surface area (Å²) in [4.78, 5) is 12.6. The molecule has 2 aromatic rings. The number of rotatable bonds is 4. The molecule has 0 aliphatic carbocycles. The fraction of sp³-hybridized carbons (Fsp3) is 0.421. The van der Waals surface area contributed by atoms with Gasteiger partial charge in [0.2, 0.25) is 0 Å². The number of β-amino-alcohol motifs (C(OH)–C–C–N with tert-alkyl or cyclic N) is 1. The Balaban J connectivity index is 1.79. The van der Waals surface area contributed by atoms with Gasteiger partial charge in [0.15, 0.2) is 0 Å². The molecule has 1 aromatic carbocycles. The highest BCUT2D eigenvalue weighted by Crippen LogP contribution is 2.21. The number of aryl methyl sites for hydroxylation is 2. The highest BCUT2D eigenvalue weighted by molar-refractivity contribution is 5.95. The van der Waals surface area contributed by atoms with Crippen LogP contribution in [0.5, 0.6) is 0 Å². The Morgan fingerprint density at radius 2 is 2.08 bits per heavy atom. The summed E-state index contributed by atoms with van der Waals surface area (Å²) in [5.41, 5.74) is 4.91. The standard InChI is InChI=1S/C19H25N3O2/c1-12-5-4-6-16(7-12)22-13(2)8-17(14(22)3)19(24)21-10-15-9-20-11-18(15)23/h4-8,15,18,20,23H,9-11H2,1-3H3,(H,21,24). The Labute approximate surface area is 142 Å². The summed E-state index contributed by atoms with van der Waals surface area (Å²) >= 11 is 0. The molecule has 5 heteroatoms. The monoisotopic (exact) mass is 327 g/mol. The highest BCUT2D eigenvalue weighted by atomic mass is 16.3. The second kappa shape index (κ2) is 6.79. The average molecular weight is 327 g/mol. The summed E-state index contributed by atoms with van der Waals surface area (Å²) in [5.74, 6) is -0.00434. The van der Waals surface area contributed by atoms with Crippen molar-refractivity contribution in [1.29, 1.82) is 0 Å². The zero-order valence-corrected chi connectivity index (χ0v) is 14.5. The highest BCUT2D eigenvalue weighted by Gasteiger charge is 2.26. The lowest BCUT2D eigenvalue weighted by Gasteiger charge is -2.14. The van der Waals surface area contributed by atoms with Crippen molar-refractivity contribution in [3.8, 4) is 5.69 Å². The van der Waals surface area contributed by atoms with Gasteiger partial charge in [-0.3, -0.25) is 4.79 Å². The molecule has 5 nitrogen and oxygen atoms in total. The molecule has 0 bridgehead atoms. The smallest absolute Gasteiger partial charge is 0.253 e. The molecule has 1 saturated heterocycles. The summed E-state index contributed by atoms with van der Waals surface area (Å²) in [5, 5.41) is 15.9. The van der Waals surface area contributed by atoms with Crippen LogP contribution in [0.2, 0.25) is 0 Å². The summed E-state index contributed by atoms with van der Waals surface area (Å²) in [6.45, 7) is 7.87. The van der Waals surface area contributed by atoms with Crippen LogP contribution in [-0.2, 0) is 0 Å². The van der Waals surface area contributed by atoms with Crippen molar-refractivity contribution in [2.75, 3.05) is 19.6 Å². The van der Waals surface area contributed by atoms with Crippen LogP contribution in [0.4, 0.5) is 0 Å². The van der Waals surface area contributed by atoms with Gasteiger partial charge in [0.25, 0.3) is 5.91 Å². The Kier molecular flexibility index (Phi) is 4.73. The third-order valence-electron chi connectivity index (χ3n) is 4.76. The van der Waals surface area contributed by atoms with Crippen LogP contribution in [0, 0.1) is 26.7 Å². The molecule has 2 atom stereocenters. The number of aliphatic hydroxyl groups is 1. The molecule has 1 fully saturated rings. The second-order valence-electron chi connectivity index (χ2n) is 6.65. The minimum Gasteiger partial charge on any atom is -0.391 e.